The number of halogens is 1. The quantitative estimate of drug-likeness (QED) is 0.119. The van der Waals surface area contributed by atoms with Crippen LogP contribution < -0.4 is 14.2 Å². The molecule has 4 aromatic rings. The number of nitriles is 1. The lowest BCUT2D eigenvalue weighted by Gasteiger charge is -2.52. The average molecular weight is 735 g/mol. The van der Waals surface area contributed by atoms with Crippen molar-refractivity contribution in [1.29, 1.82) is 5.26 Å². The van der Waals surface area contributed by atoms with Crippen molar-refractivity contribution < 1.29 is 18.9 Å². The zero-order valence-corrected chi connectivity index (χ0v) is 31.9. The molecule has 0 amide bonds. The number of nitrogens with zero attached hydrogens (tertiary/aromatic N) is 4. The molecule has 8 nitrogen and oxygen atoms in total. The molecule has 3 aliphatic rings. The van der Waals surface area contributed by atoms with Gasteiger partial charge in [-0.3, -0.25) is 9.88 Å². The molecule has 7 rings (SSSR count). The van der Waals surface area contributed by atoms with Crippen molar-refractivity contribution in [3.63, 3.8) is 0 Å². The number of hydrogen-bond donors (Lipinski definition) is 0. The van der Waals surface area contributed by atoms with Crippen molar-refractivity contribution in [1.82, 2.24) is 14.8 Å². The lowest BCUT2D eigenvalue weighted by atomic mass is 9.75. The molecule has 3 aliphatic heterocycles. The summed E-state index contributed by atoms with van der Waals surface area (Å²) >= 11 is 6.90. The van der Waals surface area contributed by atoms with Gasteiger partial charge in [0.15, 0.2) is 0 Å². The fourth-order valence-corrected chi connectivity index (χ4v) is 8.37. The molecule has 0 N–H and O–H groups in total. The second-order valence-electron chi connectivity index (χ2n) is 15.1. The Hall–Kier alpha value is -4.13. The molecule has 1 spiro atoms. The lowest BCUT2D eigenvalue weighted by Crippen LogP contribution is -2.59. The van der Waals surface area contributed by atoms with Crippen LogP contribution in [0.4, 0.5) is 0 Å². The number of piperidine rings is 1. The lowest BCUT2D eigenvalue weighted by molar-refractivity contribution is -0.101. The van der Waals surface area contributed by atoms with E-state index in [0.29, 0.717) is 35.0 Å². The van der Waals surface area contributed by atoms with Gasteiger partial charge in [-0.1, -0.05) is 48.4 Å². The van der Waals surface area contributed by atoms with Crippen LogP contribution in [0.15, 0.2) is 67.0 Å². The first-order valence-corrected chi connectivity index (χ1v) is 19.5. The van der Waals surface area contributed by atoms with Gasteiger partial charge < -0.3 is 23.8 Å². The molecule has 0 bridgehead atoms. The van der Waals surface area contributed by atoms with Crippen LogP contribution in [0.2, 0.25) is 5.02 Å². The first kappa shape index (κ1) is 37.2. The molecule has 0 atom stereocenters. The van der Waals surface area contributed by atoms with E-state index in [0.717, 1.165) is 109 Å². The molecule has 0 radical (unpaired) electrons. The van der Waals surface area contributed by atoms with Gasteiger partial charge in [-0.2, -0.15) is 5.26 Å². The fraction of sp³-hybridized carbons (Fsp3) is 0.455. The van der Waals surface area contributed by atoms with Crippen molar-refractivity contribution >= 4 is 11.6 Å². The predicted octanol–water partition coefficient (Wildman–Crippen LogP) is 8.92. The van der Waals surface area contributed by atoms with Crippen molar-refractivity contribution in [2.75, 3.05) is 52.5 Å². The third-order valence-electron chi connectivity index (χ3n) is 11.1. The van der Waals surface area contributed by atoms with Gasteiger partial charge in [-0.15, -0.1) is 0 Å². The standard InChI is InChI=1S/C44H51ClN4O4/c1-32-36(10-6-11-38(32)39-12-7-13-41(33(39)2)51-19-9-17-49-29-44(30-49)14-8-18-50-31-44)28-53-43-22-42(52-27-35-20-34(23-46)24-47-25-35)37(21-40(43)45)26-48-15-4-3-5-16-48/h6-7,10-13,20-22,24-25H,3-5,8-9,14-19,26-31H2,1-2H3. The molecule has 3 saturated heterocycles. The number of rotatable bonds is 14. The zero-order valence-electron chi connectivity index (χ0n) is 31.2. The van der Waals surface area contributed by atoms with Crippen LogP contribution in [0, 0.1) is 30.6 Å². The zero-order chi connectivity index (χ0) is 36.6. The van der Waals surface area contributed by atoms with E-state index in [9.17, 15) is 5.26 Å². The van der Waals surface area contributed by atoms with Crippen LogP contribution in [-0.4, -0.2) is 67.3 Å². The molecule has 9 heteroatoms. The summed E-state index contributed by atoms with van der Waals surface area (Å²) in [6.45, 7) is 13.7. The largest absolute Gasteiger partial charge is 0.493 e. The molecular formula is C44H51ClN4O4. The Bertz CT molecular complexity index is 1910. The summed E-state index contributed by atoms with van der Waals surface area (Å²) in [7, 11) is 0. The van der Waals surface area contributed by atoms with Crippen LogP contribution in [0.3, 0.4) is 0 Å². The number of benzene rings is 3. The van der Waals surface area contributed by atoms with E-state index in [1.165, 1.54) is 32.1 Å². The van der Waals surface area contributed by atoms with Gasteiger partial charge in [-0.05, 0) is 105 Å². The molecule has 278 valence electrons. The molecule has 1 aromatic heterocycles. The number of ether oxygens (including phenoxy) is 4. The first-order valence-electron chi connectivity index (χ1n) is 19.2. The van der Waals surface area contributed by atoms with E-state index in [4.69, 9.17) is 30.5 Å². The highest BCUT2D eigenvalue weighted by Gasteiger charge is 2.43. The van der Waals surface area contributed by atoms with E-state index < -0.39 is 0 Å². The summed E-state index contributed by atoms with van der Waals surface area (Å²) in [6.07, 6.45) is 10.5. The summed E-state index contributed by atoms with van der Waals surface area (Å²) in [5, 5.41) is 9.90. The maximum Gasteiger partial charge on any atom is 0.142 e. The van der Waals surface area contributed by atoms with Gasteiger partial charge in [0.05, 0.1) is 23.8 Å². The van der Waals surface area contributed by atoms with Crippen LogP contribution >= 0.6 is 11.6 Å². The SMILES string of the molecule is Cc1c(COc2cc(OCc3cncc(C#N)c3)c(CN3CCCCC3)cc2Cl)cccc1-c1cccc(OCCCN2CC3(CCCOC3)C2)c1C. The topological polar surface area (TPSA) is 80.1 Å². The van der Waals surface area contributed by atoms with E-state index in [1.807, 2.05) is 12.1 Å². The monoisotopic (exact) mass is 734 g/mol. The van der Waals surface area contributed by atoms with E-state index in [1.54, 1.807) is 18.5 Å². The van der Waals surface area contributed by atoms with Crippen LogP contribution in [-0.2, 0) is 24.5 Å². The molecule has 3 aromatic carbocycles. The maximum atomic E-state index is 9.34. The Kier molecular flexibility index (Phi) is 12.2. The Morgan fingerprint density at radius 1 is 0.830 bits per heavy atom. The van der Waals surface area contributed by atoms with Gasteiger partial charge in [-0.25, -0.2) is 0 Å². The second-order valence-corrected chi connectivity index (χ2v) is 15.5. The summed E-state index contributed by atoms with van der Waals surface area (Å²) in [5.41, 5.74) is 8.47. The van der Waals surface area contributed by atoms with E-state index in [-0.39, 0.29) is 6.61 Å². The fourth-order valence-electron chi connectivity index (χ4n) is 8.13. The maximum absolute atomic E-state index is 9.34. The second kappa shape index (κ2) is 17.3. The molecule has 0 saturated carbocycles. The minimum Gasteiger partial charge on any atom is -0.493 e. The smallest absolute Gasteiger partial charge is 0.142 e. The van der Waals surface area contributed by atoms with Crippen molar-refractivity contribution in [3.05, 3.63) is 105 Å². The molecular weight excluding hydrogens is 684 g/mol. The third kappa shape index (κ3) is 9.16. The Labute approximate surface area is 319 Å². The number of likely N-dealkylation sites (tertiary alicyclic amines) is 2. The van der Waals surface area contributed by atoms with Crippen molar-refractivity contribution in [2.45, 2.75) is 72.1 Å². The molecule has 53 heavy (non-hydrogen) atoms. The molecule has 0 aliphatic carbocycles. The van der Waals surface area contributed by atoms with Crippen LogP contribution in [0.25, 0.3) is 11.1 Å². The first-order chi connectivity index (χ1) is 25.9. The predicted molar refractivity (Wildman–Crippen MR) is 209 cm³/mol. The van der Waals surface area contributed by atoms with Gasteiger partial charge in [0.1, 0.15) is 36.5 Å². The summed E-state index contributed by atoms with van der Waals surface area (Å²) in [6, 6.07) is 20.6. The number of hydrogen-bond acceptors (Lipinski definition) is 8. The Morgan fingerprint density at radius 3 is 2.42 bits per heavy atom. The Balaban J connectivity index is 1.01. The van der Waals surface area contributed by atoms with E-state index >= 15 is 0 Å². The van der Waals surface area contributed by atoms with Gasteiger partial charge in [0, 0.05) is 67.8 Å². The number of aromatic nitrogens is 1. The van der Waals surface area contributed by atoms with Crippen LogP contribution in [0.1, 0.15) is 71.9 Å². The average Bonchev–Trinajstić information content (AvgIpc) is 3.17. The molecule has 3 fully saturated rings. The highest BCUT2D eigenvalue weighted by Crippen LogP contribution is 2.39. The summed E-state index contributed by atoms with van der Waals surface area (Å²) in [5.74, 6) is 2.23. The molecule has 0 unspecified atom stereocenters. The Morgan fingerprint density at radius 2 is 1.62 bits per heavy atom. The van der Waals surface area contributed by atoms with Gasteiger partial charge in [0.2, 0.25) is 0 Å². The van der Waals surface area contributed by atoms with Crippen molar-refractivity contribution in [3.8, 4) is 34.4 Å². The van der Waals surface area contributed by atoms with Crippen molar-refractivity contribution in [2.24, 2.45) is 5.41 Å². The van der Waals surface area contributed by atoms with Crippen LogP contribution in [0.5, 0.6) is 17.2 Å². The third-order valence-corrected chi connectivity index (χ3v) is 11.4. The minimum absolute atomic E-state index is 0.286. The highest BCUT2D eigenvalue weighted by atomic mass is 35.5. The van der Waals surface area contributed by atoms with E-state index in [2.05, 4.69) is 71.1 Å². The van der Waals surface area contributed by atoms with Gasteiger partial charge >= 0.3 is 0 Å². The summed E-state index contributed by atoms with van der Waals surface area (Å²) < 4.78 is 24.9. The number of pyridine rings is 1. The normalized spacial score (nSPS) is 17.2. The molecule has 4 heterocycles. The van der Waals surface area contributed by atoms with Gasteiger partial charge in [0.25, 0.3) is 0 Å². The summed E-state index contributed by atoms with van der Waals surface area (Å²) in [4.78, 5) is 9.19. The highest BCUT2D eigenvalue weighted by molar-refractivity contribution is 6.32. The minimum atomic E-state index is 0.286.